The molecule has 0 radical (unpaired) electrons. The lowest BCUT2D eigenvalue weighted by molar-refractivity contribution is 0.329. The fourth-order valence-electron chi connectivity index (χ4n) is 3.47. The van der Waals surface area contributed by atoms with Gasteiger partial charge in [0.15, 0.2) is 0 Å². The monoisotopic (exact) mass is 348 g/mol. The number of methoxy groups -OCH3 is 1. The van der Waals surface area contributed by atoms with Crippen LogP contribution in [0.5, 0.6) is 5.75 Å². The molecule has 0 aliphatic carbocycles. The molecule has 0 bridgehead atoms. The number of ether oxygens (including phenoxy) is 1. The molecule has 0 N–H and O–H groups in total. The quantitative estimate of drug-likeness (QED) is 0.833. The zero-order valence-corrected chi connectivity index (χ0v) is 15.2. The molecule has 1 heterocycles. The van der Waals surface area contributed by atoms with Gasteiger partial charge in [-0.05, 0) is 38.6 Å². The number of fused-ring (bicyclic) bond motifs is 1. The molecule has 1 aliphatic rings. The average Bonchev–Trinajstić information content (AvgIpc) is 3.02. The van der Waals surface area contributed by atoms with Crippen molar-refractivity contribution in [2.45, 2.75) is 11.3 Å². The molecule has 130 valence electrons. The molecule has 1 saturated heterocycles. The minimum absolute atomic E-state index is 0.365. The lowest BCUT2D eigenvalue weighted by Gasteiger charge is -2.20. The second-order valence-corrected chi connectivity index (χ2v) is 8.50. The van der Waals surface area contributed by atoms with Gasteiger partial charge in [-0.3, -0.25) is 0 Å². The highest BCUT2D eigenvalue weighted by Gasteiger charge is 2.33. The van der Waals surface area contributed by atoms with Crippen molar-refractivity contribution in [3.63, 3.8) is 0 Å². The van der Waals surface area contributed by atoms with Crippen LogP contribution < -0.4 is 4.74 Å². The summed E-state index contributed by atoms with van der Waals surface area (Å²) in [6.07, 6.45) is 0.908. The molecule has 0 aromatic heterocycles. The van der Waals surface area contributed by atoms with E-state index < -0.39 is 10.0 Å². The van der Waals surface area contributed by atoms with E-state index in [-0.39, 0.29) is 0 Å². The topological polar surface area (TPSA) is 49.9 Å². The molecule has 0 spiro atoms. The fraction of sp³-hybridized carbons (Fsp3) is 0.444. The standard InChI is InChI=1S/C18H24N2O3S/c1-19(2)12-14-10-11-20(13-14)24(21,22)18-9-8-17(23-3)15-6-4-5-7-16(15)18/h4-9,14H,10-13H2,1-3H3/t14-/m0/s1. The van der Waals surface area contributed by atoms with E-state index in [0.29, 0.717) is 35.0 Å². The lowest BCUT2D eigenvalue weighted by atomic mass is 10.1. The van der Waals surface area contributed by atoms with Crippen molar-refractivity contribution in [3.05, 3.63) is 36.4 Å². The maximum Gasteiger partial charge on any atom is 0.243 e. The van der Waals surface area contributed by atoms with Gasteiger partial charge in [-0.2, -0.15) is 4.31 Å². The summed E-state index contributed by atoms with van der Waals surface area (Å²) >= 11 is 0. The average molecular weight is 348 g/mol. The van der Waals surface area contributed by atoms with E-state index in [4.69, 9.17) is 4.74 Å². The van der Waals surface area contributed by atoms with E-state index in [1.165, 1.54) is 0 Å². The number of nitrogens with zero attached hydrogens (tertiary/aromatic N) is 2. The summed E-state index contributed by atoms with van der Waals surface area (Å²) in [6.45, 7) is 2.08. The van der Waals surface area contributed by atoms with Gasteiger partial charge in [0, 0.05) is 30.4 Å². The first-order valence-corrected chi connectivity index (χ1v) is 9.58. The Bertz CT molecular complexity index is 833. The smallest absolute Gasteiger partial charge is 0.243 e. The number of rotatable bonds is 5. The molecule has 2 aromatic carbocycles. The van der Waals surface area contributed by atoms with E-state index in [0.717, 1.165) is 18.4 Å². The van der Waals surface area contributed by atoms with Gasteiger partial charge in [-0.15, -0.1) is 0 Å². The molecule has 3 rings (SSSR count). The Balaban J connectivity index is 1.98. The van der Waals surface area contributed by atoms with Crippen molar-refractivity contribution < 1.29 is 13.2 Å². The minimum atomic E-state index is -3.50. The van der Waals surface area contributed by atoms with Crippen molar-refractivity contribution in [2.24, 2.45) is 5.92 Å². The zero-order chi connectivity index (χ0) is 17.3. The Morgan fingerprint density at radius 1 is 1.17 bits per heavy atom. The summed E-state index contributed by atoms with van der Waals surface area (Å²) in [4.78, 5) is 2.48. The van der Waals surface area contributed by atoms with E-state index in [1.807, 2.05) is 38.4 Å². The SMILES string of the molecule is COc1ccc(S(=O)(=O)N2CC[C@@H](CN(C)C)C2)c2ccccc12. The van der Waals surface area contributed by atoms with E-state index >= 15 is 0 Å². The van der Waals surface area contributed by atoms with Crippen molar-refractivity contribution in [1.29, 1.82) is 0 Å². The van der Waals surface area contributed by atoms with Crippen molar-refractivity contribution in [2.75, 3.05) is 40.8 Å². The van der Waals surface area contributed by atoms with Crippen molar-refractivity contribution in [3.8, 4) is 5.75 Å². The van der Waals surface area contributed by atoms with Crippen LogP contribution in [0.2, 0.25) is 0 Å². The van der Waals surface area contributed by atoms with Crippen molar-refractivity contribution >= 4 is 20.8 Å². The first-order valence-electron chi connectivity index (χ1n) is 8.14. The number of sulfonamides is 1. The molecule has 1 atom stereocenters. The largest absolute Gasteiger partial charge is 0.496 e. The number of hydrogen-bond donors (Lipinski definition) is 0. The van der Waals surface area contributed by atoms with Crippen LogP contribution in [-0.2, 0) is 10.0 Å². The summed E-state index contributed by atoms with van der Waals surface area (Å²) in [5.74, 6) is 1.08. The van der Waals surface area contributed by atoms with Gasteiger partial charge in [0.05, 0.1) is 12.0 Å². The highest BCUT2D eigenvalue weighted by Crippen LogP contribution is 2.34. The van der Waals surface area contributed by atoms with Gasteiger partial charge in [0.25, 0.3) is 0 Å². The molecule has 1 fully saturated rings. The van der Waals surface area contributed by atoms with Crippen LogP contribution in [0.25, 0.3) is 10.8 Å². The highest BCUT2D eigenvalue weighted by molar-refractivity contribution is 7.89. The zero-order valence-electron chi connectivity index (χ0n) is 14.4. The summed E-state index contributed by atoms with van der Waals surface area (Å²) in [5, 5.41) is 1.54. The maximum atomic E-state index is 13.2. The predicted octanol–water partition coefficient (Wildman–Crippen LogP) is 2.42. The molecule has 5 nitrogen and oxygen atoms in total. The summed E-state index contributed by atoms with van der Waals surface area (Å²) < 4.78 is 33.3. The van der Waals surface area contributed by atoms with Crippen molar-refractivity contribution in [1.82, 2.24) is 9.21 Å². The Morgan fingerprint density at radius 2 is 1.88 bits per heavy atom. The minimum Gasteiger partial charge on any atom is -0.496 e. The molecular formula is C18H24N2O3S. The molecule has 6 heteroatoms. The van der Waals surface area contributed by atoms with E-state index in [2.05, 4.69) is 4.90 Å². The third kappa shape index (κ3) is 3.14. The van der Waals surface area contributed by atoms with Gasteiger partial charge >= 0.3 is 0 Å². The van der Waals surface area contributed by atoms with Crippen LogP contribution in [0.15, 0.2) is 41.3 Å². The van der Waals surface area contributed by atoms with Crippen LogP contribution in [0.4, 0.5) is 0 Å². The molecule has 0 amide bonds. The third-order valence-corrected chi connectivity index (χ3v) is 6.48. The Morgan fingerprint density at radius 3 is 2.54 bits per heavy atom. The van der Waals surface area contributed by atoms with Crippen LogP contribution in [0, 0.1) is 5.92 Å². The van der Waals surface area contributed by atoms with Crippen LogP contribution in [-0.4, -0.2) is 58.5 Å². The maximum absolute atomic E-state index is 13.2. The molecule has 24 heavy (non-hydrogen) atoms. The number of benzene rings is 2. The Kier molecular flexibility index (Phi) is 4.80. The Hall–Kier alpha value is -1.63. The fourth-order valence-corrected chi connectivity index (χ4v) is 5.19. The summed E-state index contributed by atoms with van der Waals surface area (Å²) in [7, 11) is 2.14. The highest BCUT2D eigenvalue weighted by atomic mass is 32.2. The first kappa shape index (κ1) is 17.2. The van der Waals surface area contributed by atoms with Crippen LogP contribution in [0.3, 0.4) is 0 Å². The van der Waals surface area contributed by atoms with Gasteiger partial charge in [0.1, 0.15) is 5.75 Å². The van der Waals surface area contributed by atoms with Crippen LogP contribution >= 0.6 is 0 Å². The van der Waals surface area contributed by atoms with Crippen LogP contribution in [0.1, 0.15) is 6.42 Å². The second-order valence-electron chi connectivity index (χ2n) is 6.59. The molecule has 0 unspecified atom stereocenters. The van der Waals surface area contributed by atoms with Gasteiger partial charge < -0.3 is 9.64 Å². The summed E-state index contributed by atoms with van der Waals surface area (Å²) in [5.41, 5.74) is 0. The summed E-state index contributed by atoms with van der Waals surface area (Å²) in [6, 6.07) is 10.9. The van der Waals surface area contributed by atoms with Gasteiger partial charge in [0.2, 0.25) is 10.0 Å². The van der Waals surface area contributed by atoms with E-state index in [1.54, 1.807) is 23.5 Å². The lowest BCUT2D eigenvalue weighted by Crippen LogP contribution is -2.31. The van der Waals surface area contributed by atoms with E-state index in [9.17, 15) is 8.42 Å². The van der Waals surface area contributed by atoms with Gasteiger partial charge in [-0.25, -0.2) is 8.42 Å². The third-order valence-electron chi connectivity index (χ3n) is 4.55. The normalized spacial score (nSPS) is 19.2. The molecule has 0 saturated carbocycles. The molecule has 2 aromatic rings. The number of hydrogen-bond acceptors (Lipinski definition) is 4. The molecule has 1 aliphatic heterocycles. The molecular weight excluding hydrogens is 324 g/mol. The first-order chi connectivity index (χ1) is 11.4. The van der Waals surface area contributed by atoms with Gasteiger partial charge in [-0.1, -0.05) is 24.3 Å². The predicted molar refractivity (Wildman–Crippen MR) is 95.9 cm³/mol. The Labute approximate surface area is 143 Å². The second kappa shape index (κ2) is 6.70.